The summed E-state index contributed by atoms with van der Waals surface area (Å²) in [6.45, 7) is 0.857. The first kappa shape index (κ1) is 14.3. The van der Waals surface area contributed by atoms with E-state index in [1.54, 1.807) is 4.90 Å². The van der Waals surface area contributed by atoms with E-state index in [1.807, 2.05) is 14.1 Å². The number of aliphatic hydroxyl groups excluding tert-OH is 1. The molecule has 7 heteroatoms. The lowest BCUT2D eigenvalue weighted by Gasteiger charge is -2.26. The third-order valence-electron chi connectivity index (χ3n) is 3.62. The summed E-state index contributed by atoms with van der Waals surface area (Å²) in [5.41, 5.74) is -0.0443. The van der Waals surface area contributed by atoms with Crippen molar-refractivity contribution in [3.8, 4) is 0 Å². The van der Waals surface area contributed by atoms with Crippen molar-refractivity contribution in [3.63, 3.8) is 0 Å². The monoisotopic (exact) mass is 285 g/mol. The minimum absolute atomic E-state index is 0.0443. The van der Waals surface area contributed by atoms with Gasteiger partial charge in [0.1, 0.15) is 0 Å². The highest BCUT2D eigenvalue weighted by Gasteiger charge is 2.33. The number of nitrogens with zero attached hydrogens (tertiary/aromatic N) is 4. The standard InChI is InChI=1S/C12H20ClN5O/c1-18(2)11-16-9(13)15-10(17-11)14-7-12(8-19)5-3-4-6-12/h19H,3-8H2,1-2H3,(H,14,15,16,17). The molecule has 6 nitrogen and oxygen atoms in total. The maximum atomic E-state index is 9.56. The number of hydrogen-bond acceptors (Lipinski definition) is 6. The number of anilines is 2. The molecule has 0 radical (unpaired) electrons. The minimum Gasteiger partial charge on any atom is -0.396 e. The Labute approximate surface area is 118 Å². The van der Waals surface area contributed by atoms with Gasteiger partial charge in [-0.25, -0.2) is 0 Å². The van der Waals surface area contributed by atoms with Crippen molar-refractivity contribution >= 4 is 23.5 Å². The van der Waals surface area contributed by atoms with Crippen LogP contribution in [0.4, 0.5) is 11.9 Å². The zero-order chi connectivity index (χ0) is 13.9. The predicted molar refractivity (Wildman–Crippen MR) is 75.6 cm³/mol. The average molecular weight is 286 g/mol. The highest BCUT2D eigenvalue weighted by Crippen LogP contribution is 2.37. The van der Waals surface area contributed by atoms with Gasteiger partial charge in [-0.15, -0.1) is 0 Å². The Bertz CT molecular complexity index is 434. The van der Waals surface area contributed by atoms with Crippen molar-refractivity contribution in [3.05, 3.63) is 5.28 Å². The summed E-state index contributed by atoms with van der Waals surface area (Å²) in [4.78, 5) is 14.2. The quantitative estimate of drug-likeness (QED) is 0.855. The van der Waals surface area contributed by atoms with Gasteiger partial charge in [0.05, 0.1) is 6.61 Å². The summed E-state index contributed by atoms with van der Waals surface area (Å²) in [7, 11) is 3.70. The number of aromatic nitrogens is 3. The molecule has 2 N–H and O–H groups in total. The molecule has 1 fully saturated rings. The summed E-state index contributed by atoms with van der Waals surface area (Å²) in [5, 5.41) is 12.9. The normalized spacial score (nSPS) is 17.5. The Morgan fingerprint density at radius 3 is 2.53 bits per heavy atom. The molecule has 1 aliphatic rings. The van der Waals surface area contributed by atoms with Gasteiger partial charge in [0.2, 0.25) is 17.2 Å². The third-order valence-corrected chi connectivity index (χ3v) is 3.79. The van der Waals surface area contributed by atoms with Crippen molar-refractivity contribution in [2.75, 3.05) is 37.5 Å². The second-order valence-electron chi connectivity index (χ2n) is 5.34. The molecule has 0 unspecified atom stereocenters. The second kappa shape index (κ2) is 5.88. The van der Waals surface area contributed by atoms with E-state index in [-0.39, 0.29) is 17.3 Å². The van der Waals surface area contributed by atoms with Crippen molar-refractivity contribution < 1.29 is 5.11 Å². The molecule has 1 aromatic heterocycles. The van der Waals surface area contributed by atoms with Crippen LogP contribution in [0.1, 0.15) is 25.7 Å². The van der Waals surface area contributed by atoms with Gasteiger partial charge in [-0.2, -0.15) is 15.0 Å². The maximum absolute atomic E-state index is 9.56. The molecule has 1 aromatic rings. The van der Waals surface area contributed by atoms with Crippen LogP contribution in [0.5, 0.6) is 0 Å². The third kappa shape index (κ3) is 3.45. The average Bonchev–Trinajstić information content (AvgIpc) is 2.85. The van der Waals surface area contributed by atoms with Gasteiger partial charge >= 0.3 is 0 Å². The first-order chi connectivity index (χ1) is 9.04. The van der Waals surface area contributed by atoms with Gasteiger partial charge in [0.15, 0.2) is 0 Å². The van der Waals surface area contributed by atoms with Gasteiger partial charge in [-0.1, -0.05) is 12.8 Å². The van der Waals surface area contributed by atoms with Gasteiger partial charge < -0.3 is 15.3 Å². The molecule has 0 bridgehead atoms. The topological polar surface area (TPSA) is 74.2 Å². The molecule has 1 aliphatic carbocycles. The zero-order valence-electron chi connectivity index (χ0n) is 11.4. The molecule has 19 heavy (non-hydrogen) atoms. The molecule has 106 valence electrons. The van der Waals surface area contributed by atoms with Crippen LogP contribution in [0.25, 0.3) is 0 Å². The fourth-order valence-electron chi connectivity index (χ4n) is 2.40. The number of halogens is 1. The van der Waals surface area contributed by atoms with E-state index in [9.17, 15) is 5.11 Å². The molecule has 1 heterocycles. The van der Waals surface area contributed by atoms with E-state index < -0.39 is 0 Å². The SMILES string of the molecule is CN(C)c1nc(Cl)nc(NCC2(CO)CCCC2)n1. The summed E-state index contributed by atoms with van der Waals surface area (Å²) < 4.78 is 0. The number of aliphatic hydroxyl groups is 1. The number of nitrogens with one attached hydrogen (secondary N) is 1. The lowest BCUT2D eigenvalue weighted by molar-refractivity contribution is 0.142. The number of rotatable bonds is 5. The van der Waals surface area contributed by atoms with E-state index in [1.165, 1.54) is 12.8 Å². The van der Waals surface area contributed by atoms with Crippen LogP contribution in [0.3, 0.4) is 0 Å². The largest absolute Gasteiger partial charge is 0.396 e. The summed E-state index contributed by atoms with van der Waals surface area (Å²) in [6.07, 6.45) is 4.41. The van der Waals surface area contributed by atoms with Gasteiger partial charge in [-0.05, 0) is 24.4 Å². The van der Waals surface area contributed by atoms with Crippen LogP contribution >= 0.6 is 11.6 Å². The van der Waals surface area contributed by atoms with E-state index in [0.29, 0.717) is 18.4 Å². The fourth-order valence-corrected chi connectivity index (χ4v) is 2.56. The first-order valence-corrected chi connectivity index (χ1v) is 6.86. The van der Waals surface area contributed by atoms with Crippen LogP contribution in [0.2, 0.25) is 5.28 Å². The molecule has 2 rings (SSSR count). The molecule has 0 atom stereocenters. The van der Waals surface area contributed by atoms with Gasteiger partial charge in [-0.3, -0.25) is 0 Å². The van der Waals surface area contributed by atoms with Crippen LogP contribution in [-0.2, 0) is 0 Å². The Morgan fingerprint density at radius 1 is 1.26 bits per heavy atom. The molecular weight excluding hydrogens is 266 g/mol. The smallest absolute Gasteiger partial charge is 0.230 e. The van der Waals surface area contributed by atoms with Crippen LogP contribution in [0, 0.1) is 5.41 Å². The number of hydrogen-bond donors (Lipinski definition) is 2. The maximum Gasteiger partial charge on any atom is 0.230 e. The lowest BCUT2D eigenvalue weighted by Crippen LogP contribution is -2.31. The van der Waals surface area contributed by atoms with Crippen LogP contribution in [-0.4, -0.2) is 47.3 Å². The Kier molecular flexibility index (Phi) is 4.42. The second-order valence-corrected chi connectivity index (χ2v) is 5.68. The molecule has 0 spiro atoms. The van der Waals surface area contributed by atoms with E-state index in [4.69, 9.17) is 11.6 Å². The molecule has 0 aromatic carbocycles. The predicted octanol–water partition coefficient (Wildman–Crippen LogP) is 1.56. The van der Waals surface area contributed by atoms with Gasteiger partial charge in [0, 0.05) is 26.1 Å². The fraction of sp³-hybridized carbons (Fsp3) is 0.750. The molecule has 1 saturated carbocycles. The Morgan fingerprint density at radius 2 is 1.95 bits per heavy atom. The molecule has 0 aliphatic heterocycles. The summed E-state index contributed by atoms with van der Waals surface area (Å²) in [5.74, 6) is 0.982. The van der Waals surface area contributed by atoms with Crippen LogP contribution in [0.15, 0.2) is 0 Å². The molecular formula is C12H20ClN5O. The lowest BCUT2D eigenvalue weighted by atomic mass is 9.87. The Balaban J connectivity index is 2.06. The van der Waals surface area contributed by atoms with Crippen molar-refractivity contribution in [2.24, 2.45) is 5.41 Å². The highest BCUT2D eigenvalue weighted by atomic mass is 35.5. The highest BCUT2D eigenvalue weighted by molar-refractivity contribution is 6.28. The van der Waals surface area contributed by atoms with Crippen molar-refractivity contribution in [1.29, 1.82) is 0 Å². The first-order valence-electron chi connectivity index (χ1n) is 6.48. The minimum atomic E-state index is -0.0443. The van der Waals surface area contributed by atoms with E-state index in [2.05, 4.69) is 20.3 Å². The van der Waals surface area contributed by atoms with E-state index in [0.717, 1.165) is 12.8 Å². The zero-order valence-corrected chi connectivity index (χ0v) is 12.1. The summed E-state index contributed by atoms with van der Waals surface area (Å²) >= 11 is 5.88. The van der Waals surface area contributed by atoms with Crippen molar-refractivity contribution in [1.82, 2.24) is 15.0 Å². The summed E-state index contributed by atoms with van der Waals surface area (Å²) in [6, 6.07) is 0. The molecule has 0 saturated heterocycles. The van der Waals surface area contributed by atoms with Crippen molar-refractivity contribution in [2.45, 2.75) is 25.7 Å². The van der Waals surface area contributed by atoms with Gasteiger partial charge in [0.25, 0.3) is 0 Å². The van der Waals surface area contributed by atoms with Crippen LogP contribution < -0.4 is 10.2 Å². The Hall–Kier alpha value is -1.14. The van der Waals surface area contributed by atoms with E-state index >= 15 is 0 Å². The molecule has 0 amide bonds.